The van der Waals surface area contributed by atoms with Gasteiger partial charge in [0.25, 0.3) is 11.5 Å². The van der Waals surface area contributed by atoms with Gasteiger partial charge in [0.05, 0.1) is 40.0 Å². The Bertz CT molecular complexity index is 1550. The van der Waals surface area contributed by atoms with E-state index in [0.717, 1.165) is 0 Å². The summed E-state index contributed by atoms with van der Waals surface area (Å²) in [6, 6.07) is 13.2. The minimum atomic E-state index is -3.62. The summed E-state index contributed by atoms with van der Waals surface area (Å²) in [6.45, 7) is 0.202. The summed E-state index contributed by atoms with van der Waals surface area (Å²) in [6.07, 6.45) is 3.43. The molecule has 0 bridgehead atoms. The summed E-state index contributed by atoms with van der Waals surface area (Å²) in [5, 5.41) is 16.0. The maximum absolute atomic E-state index is 12.3. The molecule has 14 heteroatoms. The number of ether oxygens (including phenoxy) is 1. The summed E-state index contributed by atoms with van der Waals surface area (Å²) < 4.78 is 31.8. The van der Waals surface area contributed by atoms with Crippen LogP contribution in [0.2, 0.25) is 4.34 Å². The van der Waals surface area contributed by atoms with E-state index in [9.17, 15) is 18.0 Å². The standard InChI is InChI=1S/C22H21ClN6O5S2/c23-20-8-7-19(35-20)22(31)25-13-15-14-29(27-26-15)17-6-5-16(28-9-2-1-4-21(28)30)12-18(17)34-10-3-11-36(24,32)33/h1-2,4-9,12,14H,3,10-11,13H2,(H,25,31)(H2,24,32,33). The van der Waals surface area contributed by atoms with Crippen LogP contribution in [0.5, 0.6) is 5.75 Å². The molecule has 0 aliphatic heterocycles. The highest BCUT2D eigenvalue weighted by molar-refractivity contribution is 7.89. The first-order valence-electron chi connectivity index (χ1n) is 10.6. The average Bonchev–Trinajstić information content (AvgIpc) is 3.49. The second-order valence-corrected chi connectivity index (χ2v) is 11.0. The Morgan fingerprint density at radius 3 is 2.75 bits per heavy atom. The lowest BCUT2D eigenvalue weighted by Gasteiger charge is -2.14. The summed E-state index contributed by atoms with van der Waals surface area (Å²) >= 11 is 7.05. The molecule has 1 amide bonds. The molecule has 0 saturated heterocycles. The van der Waals surface area contributed by atoms with Crippen LogP contribution >= 0.6 is 22.9 Å². The lowest BCUT2D eigenvalue weighted by Crippen LogP contribution is -2.21. The summed E-state index contributed by atoms with van der Waals surface area (Å²) in [7, 11) is -3.62. The highest BCUT2D eigenvalue weighted by Gasteiger charge is 2.14. The molecule has 4 rings (SSSR count). The van der Waals surface area contributed by atoms with Gasteiger partial charge in [0.15, 0.2) is 0 Å². The van der Waals surface area contributed by atoms with E-state index in [1.165, 1.54) is 26.7 Å². The lowest BCUT2D eigenvalue weighted by atomic mass is 10.2. The molecule has 3 aromatic heterocycles. The van der Waals surface area contributed by atoms with Crippen molar-refractivity contribution in [2.24, 2.45) is 5.14 Å². The fourth-order valence-electron chi connectivity index (χ4n) is 3.23. The van der Waals surface area contributed by atoms with Gasteiger partial charge in [-0.15, -0.1) is 16.4 Å². The van der Waals surface area contributed by atoms with Crippen molar-refractivity contribution in [2.75, 3.05) is 12.4 Å². The number of carbonyl (C=O) groups is 1. The smallest absolute Gasteiger partial charge is 0.261 e. The molecule has 0 spiro atoms. The van der Waals surface area contributed by atoms with Crippen LogP contribution in [-0.2, 0) is 16.6 Å². The van der Waals surface area contributed by atoms with Crippen molar-refractivity contribution in [1.29, 1.82) is 0 Å². The zero-order valence-corrected chi connectivity index (χ0v) is 21.1. The number of halogens is 1. The van der Waals surface area contributed by atoms with Crippen LogP contribution in [0.15, 0.2) is 65.7 Å². The van der Waals surface area contributed by atoms with E-state index in [4.69, 9.17) is 21.5 Å². The number of amides is 1. The van der Waals surface area contributed by atoms with Crippen molar-refractivity contribution in [2.45, 2.75) is 13.0 Å². The van der Waals surface area contributed by atoms with Crippen molar-refractivity contribution < 1.29 is 17.9 Å². The molecule has 0 radical (unpaired) electrons. The Kier molecular flexibility index (Phi) is 7.84. The van der Waals surface area contributed by atoms with Gasteiger partial charge in [0.1, 0.15) is 17.1 Å². The number of primary sulfonamides is 1. The molecule has 1 aromatic carbocycles. The van der Waals surface area contributed by atoms with E-state index >= 15 is 0 Å². The van der Waals surface area contributed by atoms with E-state index in [2.05, 4.69) is 15.6 Å². The van der Waals surface area contributed by atoms with Gasteiger partial charge in [-0.3, -0.25) is 14.2 Å². The van der Waals surface area contributed by atoms with Crippen molar-refractivity contribution in [1.82, 2.24) is 24.9 Å². The zero-order chi connectivity index (χ0) is 25.7. The second-order valence-electron chi connectivity index (χ2n) is 7.57. The number of pyridine rings is 1. The van der Waals surface area contributed by atoms with E-state index in [1.54, 1.807) is 54.9 Å². The minimum absolute atomic E-state index is 0.0670. The SMILES string of the molecule is NS(=O)(=O)CCCOc1cc(-n2ccccc2=O)ccc1-n1cc(CNC(=O)c2ccc(Cl)s2)nn1. The highest BCUT2D eigenvalue weighted by atomic mass is 35.5. The number of rotatable bonds is 10. The molecular formula is C22H21ClN6O5S2. The molecule has 0 aliphatic carbocycles. The molecule has 36 heavy (non-hydrogen) atoms. The first kappa shape index (κ1) is 25.6. The van der Waals surface area contributed by atoms with Gasteiger partial charge in [-0.2, -0.15) is 0 Å². The number of thiophene rings is 1. The molecule has 3 N–H and O–H groups in total. The van der Waals surface area contributed by atoms with Crippen LogP contribution < -0.4 is 20.8 Å². The number of nitrogens with zero attached hydrogens (tertiary/aromatic N) is 4. The van der Waals surface area contributed by atoms with Crippen LogP contribution in [0.25, 0.3) is 11.4 Å². The first-order chi connectivity index (χ1) is 17.2. The monoisotopic (exact) mass is 548 g/mol. The van der Waals surface area contributed by atoms with Crippen LogP contribution in [0.4, 0.5) is 0 Å². The van der Waals surface area contributed by atoms with E-state index in [0.29, 0.717) is 32.0 Å². The minimum Gasteiger partial charge on any atom is -0.491 e. The molecule has 0 aliphatic rings. The largest absolute Gasteiger partial charge is 0.491 e. The molecule has 0 saturated carbocycles. The van der Waals surface area contributed by atoms with Crippen LogP contribution in [-0.4, -0.2) is 46.2 Å². The van der Waals surface area contributed by atoms with Crippen molar-refractivity contribution in [3.05, 3.63) is 86.2 Å². The van der Waals surface area contributed by atoms with Crippen LogP contribution in [0.3, 0.4) is 0 Å². The Labute approximate surface area is 215 Å². The van der Waals surface area contributed by atoms with Gasteiger partial charge in [-0.05, 0) is 36.8 Å². The van der Waals surface area contributed by atoms with Gasteiger partial charge in [0.2, 0.25) is 10.0 Å². The normalized spacial score (nSPS) is 11.4. The number of sulfonamides is 1. The zero-order valence-electron chi connectivity index (χ0n) is 18.7. The summed E-state index contributed by atoms with van der Waals surface area (Å²) in [4.78, 5) is 25.0. The number of aromatic nitrogens is 4. The van der Waals surface area contributed by atoms with Crippen LogP contribution in [0.1, 0.15) is 21.8 Å². The fraction of sp³-hybridized carbons (Fsp3) is 0.182. The summed E-state index contributed by atoms with van der Waals surface area (Å²) in [5.74, 6) is -0.160. The summed E-state index contributed by atoms with van der Waals surface area (Å²) in [5.41, 5.74) is 1.33. The predicted octanol–water partition coefficient (Wildman–Crippen LogP) is 2.12. The maximum Gasteiger partial charge on any atom is 0.261 e. The Hall–Kier alpha value is -3.52. The van der Waals surface area contributed by atoms with Gasteiger partial charge < -0.3 is 10.1 Å². The molecule has 4 aromatic rings. The Balaban J connectivity index is 1.55. The van der Waals surface area contributed by atoms with Gasteiger partial charge >= 0.3 is 0 Å². The van der Waals surface area contributed by atoms with E-state index in [-0.39, 0.29) is 36.8 Å². The van der Waals surface area contributed by atoms with Gasteiger partial charge in [0, 0.05) is 18.3 Å². The second kappa shape index (κ2) is 11.0. The number of hydrogen-bond donors (Lipinski definition) is 2. The number of hydrogen-bond acceptors (Lipinski definition) is 8. The number of benzene rings is 1. The highest BCUT2D eigenvalue weighted by Crippen LogP contribution is 2.26. The lowest BCUT2D eigenvalue weighted by molar-refractivity contribution is 0.0954. The van der Waals surface area contributed by atoms with E-state index in [1.807, 2.05) is 0 Å². The average molecular weight is 549 g/mol. The quantitative estimate of drug-likeness (QED) is 0.288. The third-order valence-electron chi connectivity index (χ3n) is 4.89. The van der Waals surface area contributed by atoms with Gasteiger partial charge in [-0.25, -0.2) is 18.2 Å². The Morgan fingerprint density at radius 2 is 2.03 bits per heavy atom. The van der Waals surface area contributed by atoms with Crippen LogP contribution in [0, 0.1) is 0 Å². The molecule has 0 fully saturated rings. The van der Waals surface area contributed by atoms with Gasteiger partial charge in [-0.1, -0.05) is 22.9 Å². The molecule has 3 heterocycles. The molecule has 0 atom stereocenters. The topological polar surface area (TPSA) is 151 Å². The number of nitrogens with two attached hydrogens (primary N) is 1. The molecule has 0 unspecified atom stereocenters. The third-order valence-corrected chi connectivity index (χ3v) is 6.98. The first-order valence-corrected chi connectivity index (χ1v) is 13.5. The molecular weight excluding hydrogens is 528 g/mol. The Morgan fingerprint density at radius 1 is 1.19 bits per heavy atom. The van der Waals surface area contributed by atoms with Crippen molar-refractivity contribution in [3.8, 4) is 17.1 Å². The third kappa shape index (κ3) is 6.57. The number of carbonyl (C=O) groups excluding carboxylic acids is 1. The molecule has 188 valence electrons. The fourth-order valence-corrected chi connectivity index (χ4v) is 4.71. The number of nitrogens with one attached hydrogen (secondary N) is 1. The van der Waals surface area contributed by atoms with Crippen molar-refractivity contribution in [3.63, 3.8) is 0 Å². The predicted molar refractivity (Wildman–Crippen MR) is 136 cm³/mol. The van der Waals surface area contributed by atoms with Crippen molar-refractivity contribution >= 4 is 38.9 Å². The molecule has 11 nitrogen and oxygen atoms in total. The maximum atomic E-state index is 12.3. The van der Waals surface area contributed by atoms with E-state index < -0.39 is 10.0 Å².